The summed E-state index contributed by atoms with van der Waals surface area (Å²) in [6.45, 7) is 3.50. The van der Waals surface area contributed by atoms with E-state index < -0.39 is 5.66 Å². The average molecular weight is 134 g/mol. The van der Waals surface area contributed by atoms with Crippen molar-refractivity contribution in [2.45, 2.75) is 25.9 Å². The molecule has 0 saturated heterocycles. The number of nitrogens with two attached hydrogens (primary N) is 1. The molecule has 0 aromatic carbocycles. The Morgan fingerprint density at radius 1 is 1.78 bits per heavy atom. The molecule has 0 radical (unpaired) electrons. The van der Waals surface area contributed by atoms with Crippen LogP contribution in [0.4, 0.5) is 0 Å². The highest BCUT2D eigenvalue weighted by atomic mass is 16.9. The van der Waals surface area contributed by atoms with E-state index in [0.717, 1.165) is 0 Å². The van der Waals surface area contributed by atoms with Crippen LogP contribution in [0.2, 0.25) is 0 Å². The molecule has 0 aliphatic rings. The van der Waals surface area contributed by atoms with E-state index in [9.17, 15) is 5.21 Å². The van der Waals surface area contributed by atoms with Crippen molar-refractivity contribution in [2.24, 2.45) is 5.73 Å². The first-order valence-corrected chi connectivity index (χ1v) is 2.92. The topological polar surface area (TPSA) is 62.8 Å². The first-order valence-electron chi connectivity index (χ1n) is 2.92. The molecule has 3 N–H and O–H groups in total. The van der Waals surface area contributed by atoms with Crippen molar-refractivity contribution in [3.05, 3.63) is 5.21 Å². The highest BCUT2D eigenvalue weighted by Gasteiger charge is 2.23. The fraction of sp³-hybridized carbons (Fsp3) is 1.00. The van der Waals surface area contributed by atoms with Crippen molar-refractivity contribution < 1.29 is 10.1 Å². The van der Waals surface area contributed by atoms with Gasteiger partial charge in [0.1, 0.15) is 0 Å². The number of quaternary nitrogens is 1. The largest absolute Gasteiger partial charge is 0.598 e. The lowest BCUT2D eigenvalue weighted by Crippen LogP contribution is -3.16. The lowest BCUT2D eigenvalue weighted by molar-refractivity contribution is -1.09. The Hall–Kier alpha value is -0.160. The Balaban J connectivity index is 3.80. The molecule has 56 valence electrons. The maximum absolute atomic E-state index is 10.7. The predicted octanol–water partition coefficient (Wildman–Crippen LogP) is -0.985. The van der Waals surface area contributed by atoms with Gasteiger partial charge in [-0.1, -0.05) is 6.92 Å². The van der Waals surface area contributed by atoms with E-state index in [1.165, 1.54) is 7.11 Å². The fourth-order valence-electron chi connectivity index (χ4n) is 0.377. The van der Waals surface area contributed by atoms with E-state index in [-0.39, 0.29) is 5.23 Å². The molecule has 0 spiro atoms. The van der Waals surface area contributed by atoms with Crippen molar-refractivity contribution in [2.75, 3.05) is 7.11 Å². The number of hydroxylamine groups is 2. The number of hydrogen-bond donors (Lipinski definition) is 2. The van der Waals surface area contributed by atoms with Crippen molar-refractivity contribution in [3.8, 4) is 0 Å². The van der Waals surface area contributed by atoms with Crippen molar-refractivity contribution >= 4 is 0 Å². The first-order chi connectivity index (χ1) is 4.04. The van der Waals surface area contributed by atoms with Crippen LogP contribution >= 0.6 is 0 Å². The second-order valence-electron chi connectivity index (χ2n) is 2.26. The SMILES string of the molecule is CCC(C)(N)[NH+]([O-])OC. The normalized spacial score (nSPS) is 21.0. The molecule has 0 aliphatic carbocycles. The van der Waals surface area contributed by atoms with Gasteiger partial charge in [-0.3, -0.25) is 5.73 Å². The molecule has 9 heavy (non-hydrogen) atoms. The molecule has 0 bridgehead atoms. The molecule has 0 heterocycles. The highest BCUT2D eigenvalue weighted by molar-refractivity contribution is 4.57. The van der Waals surface area contributed by atoms with E-state index in [4.69, 9.17) is 5.73 Å². The average Bonchev–Trinajstić information content (AvgIpc) is 1.86. The molecule has 2 unspecified atom stereocenters. The molecule has 0 saturated carbocycles. The molecule has 4 heteroatoms. The van der Waals surface area contributed by atoms with Gasteiger partial charge in [0.15, 0.2) is 5.66 Å². The van der Waals surface area contributed by atoms with Crippen molar-refractivity contribution in [3.63, 3.8) is 0 Å². The molecule has 0 aliphatic heterocycles. The second kappa shape index (κ2) is 3.12. The minimum Gasteiger partial charge on any atom is -0.598 e. The van der Waals surface area contributed by atoms with Gasteiger partial charge in [0.25, 0.3) is 0 Å². The number of rotatable bonds is 3. The first kappa shape index (κ1) is 8.84. The molecular weight excluding hydrogens is 120 g/mol. The summed E-state index contributed by atoms with van der Waals surface area (Å²) < 4.78 is 0. The summed E-state index contributed by atoms with van der Waals surface area (Å²) in [6, 6.07) is 0. The van der Waals surface area contributed by atoms with Gasteiger partial charge in [0, 0.05) is 13.3 Å². The van der Waals surface area contributed by atoms with E-state index >= 15 is 0 Å². The zero-order valence-corrected chi connectivity index (χ0v) is 6.10. The maximum Gasteiger partial charge on any atom is 0.175 e. The minimum absolute atomic E-state index is 0.356. The molecule has 0 fully saturated rings. The van der Waals surface area contributed by atoms with Gasteiger partial charge in [0.05, 0.1) is 7.11 Å². The van der Waals surface area contributed by atoms with Crippen LogP contribution in [0, 0.1) is 5.21 Å². The van der Waals surface area contributed by atoms with Gasteiger partial charge in [-0.15, -0.1) is 0 Å². The van der Waals surface area contributed by atoms with Gasteiger partial charge in [-0.2, -0.15) is 0 Å². The maximum atomic E-state index is 10.7. The Labute approximate surface area is 55.1 Å². The van der Waals surface area contributed by atoms with E-state index in [1.54, 1.807) is 6.92 Å². The van der Waals surface area contributed by atoms with Crippen LogP contribution in [-0.4, -0.2) is 12.8 Å². The monoisotopic (exact) mass is 134 g/mol. The van der Waals surface area contributed by atoms with Crippen LogP contribution < -0.4 is 11.0 Å². The minimum atomic E-state index is -0.811. The van der Waals surface area contributed by atoms with Crippen LogP contribution in [0.3, 0.4) is 0 Å². The third kappa shape index (κ3) is 2.28. The third-order valence-electron chi connectivity index (χ3n) is 1.39. The highest BCUT2D eigenvalue weighted by Crippen LogP contribution is 1.91. The molecule has 2 atom stereocenters. The second-order valence-corrected chi connectivity index (χ2v) is 2.26. The lowest BCUT2D eigenvalue weighted by atomic mass is 10.2. The smallest absolute Gasteiger partial charge is 0.175 e. The summed E-state index contributed by atoms with van der Waals surface area (Å²) in [5, 5.41) is 10.4. The standard InChI is InChI=1S/C5H14N2O2/c1-4-5(2,6)7(8)9-3/h7H,4,6H2,1-3H3. The van der Waals surface area contributed by atoms with Crippen LogP contribution in [0.1, 0.15) is 20.3 Å². The molecular formula is C5H14N2O2. The lowest BCUT2D eigenvalue weighted by Gasteiger charge is -2.32. The summed E-state index contributed by atoms with van der Waals surface area (Å²) >= 11 is 0. The van der Waals surface area contributed by atoms with E-state index in [0.29, 0.717) is 6.42 Å². The van der Waals surface area contributed by atoms with Gasteiger partial charge in [0.2, 0.25) is 0 Å². The van der Waals surface area contributed by atoms with Crippen LogP contribution in [0.5, 0.6) is 0 Å². The summed E-state index contributed by atoms with van der Waals surface area (Å²) in [6.07, 6.45) is 0.597. The predicted molar refractivity (Wildman–Crippen MR) is 34.2 cm³/mol. The summed E-state index contributed by atoms with van der Waals surface area (Å²) in [7, 11) is 1.34. The van der Waals surface area contributed by atoms with Gasteiger partial charge in [-0.05, 0) is 0 Å². The molecule has 4 nitrogen and oxygen atoms in total. The Kier molecular flexibility index (Phi) is 3.07. The zero-order valence-electron chi connectivity index (χ0n) is 6.10. The van der Waals surface area contributed by atoms with E-state index in [1.807, 2.05) is 6.92 Å². The molecule has 0 aromatic heterocycles. The summed E-state index contributed by atoms with van der Waals surface area (Å²) in [4.78, 5) is 4.44. The van der Waals surface area contributed by atoms with Crippen LogP contribution in [0.25, 0.3) is 0 Å². The Bertz CT molecular complexity index is 85.0. The van der Waals surface area contributed by atoms with Gasteiger partial charge in [-0.25, -0.2) is 10.1 Å². The Morgan fingerprint density at radius 2 is 2.22 bits per heavy atom. The molecule has 0 aromatic rings. The number of hydrogen-bond acceptors (Lipinski definition) is 3. The Morgan fingerprint density at radius 3 is 2.33 bits per heavy atom. The molecule has 0 rings (SSSR count). The quantitative estimate of drug-likeness (QED) is 0.385. The van der Waals surface area contributed by atoms with Crippen molar-refractivity contribution in [1.82, 2.24) is 0 Å². The fourth-order valence-corrected chi connectivity index (χ4v) is 0.377. The number of nitrogens with one attached hydrogen (secondary N) is 1. The van der Waals surface area contributed by atoms with Crippen LogP contribution in [0.15, 0.2) is 0 Å². The molecule has 0 amide bonds. The van der Waals surface area contributed by atoms with Crippen LogP contribution in [-0.2, 0) is 4.84 Å². The summed E-state index contributed by atoms with van der Waals surface area (Å²) in [5.41, 5.74) is 4.68. The van der Waals surface area contributed by atoms with E-state index in [2.05, 4.69) is 4.84 Å². The van der Waals surface area contributed by atoms with Gasteiger partial charge < -0.3 is 5.21 Å². The van der Waals surface area contributed by atoms with Crippen molar-refractivity contribution in [1.29, 1.82) is 0 Å². The zero-order chi connectivity index (χ0) is 7.49. The summed E-state index contributed by atoms with van der Waals surface area (Å²) in [5.74, 6) is 0. The third-order valence-corrected chi connectivity index (χ3v) is 1.39. The van der Waals surface area contributed by atoms with Gasteiger partial charge >= 0.3 is 0 Å².